The first kappa shape index (κ1) is 21.9. The van der Waals surface area contributed by atoms with Gasteiger partial charge in [-0.2, -0.15) is 0 Å². The van der Waals surface area contributed by atoms with Crippen molar-refractivity contribution in [3.63, 3.8) is 0 Å². The van der Waals surface area contributed by atoms with Gasteiger partial charge >= 0.3 is 5.97 Å². The molecule has 0 bridgehead atoms. The Hall–Kier alpha value is -2.77. The molecule has 1 amide bonds. The first-order chi connectivity index (χ1) is 14.5. The lowest BCUT2D eigenvalue weighted by atomic mass is 9.99. The molecule has 0 aromatic heterocycles. The molecule has 1 aromatic rings. The predicted octanol–water partition coefficient (Wildman–Crippen LogP) is 1.20. The van der Waals surface area contributed by atoms with Crippen LogP contribution in [0.1, 0.15) is 25.3 Å². The van der Waals surface area contributed by atoms with Crippen molar-refractivity contribution in [3.05, 3.63) is 29.8 Å². The standard InChI is InChI=1S/C22H32N4O4/c1-15-12-26(13-19(15)21(28)29-3)22(23-2)24-11-10-16-4-8-18(9-5-16)30-14-20(27)25-17-6-7-17/h4-5,8-9,15,17,19H,6-7,10-14H2,1-3H3,(H,23,24)(H,25,27). The van der Waals surface area contributed by atoms with Crippen molar-refractivity contribution in [1.29, 1.82) is 0 Å². The third-order valence-electron chi connectivity index (χ3n) is 5.56. The Labute approximate surface area is 178 Å². The summed E-state index contributed by atoms with van der Waals surface area (Å²) in [6, 6.07) is 8.13. The molecule has 1 aliphatic heterocycles. The molecule has 1 saturated carbocycles. The van der Waals surface area contributed by atoms with Gasteiger partial charge < -0.3 is 25.0 Å². The molecule has 8 heteroatoms. The van der Waals surface area contributed by atoms with Gasteiger partial charge in [-0.3, -0.25) is 14.6 Å². The van der Waals surface area contributed by atoms with Crippen LogP contribution in [0, 0.1) is 11.8 Å². The number of amides is 1. The van der Waals surface area contributed by atoms with Crippen LogP contribution in [-0.2, 0) is 20.7 Å². The highest BCUT2D eigenvalue weighted by Crippen LogP contribution is 2.24. The highest BCUT2D eigenvalue weighted by Gasteiger charge is 2.36. The van der Waals surface area contributed by atoms with E-state index in [2.05, 4.69) is 27.4 Å². The Balaban J connectivity index is 1.40. The molecule has 2 atom stereocenters. The van der Waals surface area contributed by atoms with Gasteiger partial charge in [0.1, 0.15) is 5.75 Å². The molecule has 2 fully saturated rings. The maximum atomic E-state index is 11.9. The average molecular weight is 417 g/mol. The van der Waals surface area contributed by atoms with E-state index in [4.69, 9.17) is 9.47 Å². The van der Waals surface area contributed by atoms with Crippen molar-refractivity contribution in [3.8, 4) is 5.75 Å². The number of hydrogen-bond donors (Lipinski definition) is 2. The number of carbonyl (C=O) groups is 2. The fraction of sp³-hybridized carbons (Fsp3) is 0.591. The highest BCUT2D eigenvalue weighted by molar-refractivity contribution is 5.82. The van der Waals surface area contributed by atoms with Crippen molar-refractivity contribution in [1.82, 2.24) is 15.5 Å². The largest absolute Gasteiger partial charge is 0.484 e. The molecule has 2 aliphatic rings. The quantitative estimate of drug-likeness (QED) is 0.376. The van der Waals surface area contributed by atoms with Crippen molar-refractivity contribution in [2.24, 2.45) is 16.8 Å². The Morgan fingerprint density at radius 3 is 2.57 bits per heavy atom. The molecular weight excluding hydrogens is 384 g/mol. The number of likely N-dealkylation sites (tertiary alicyclic amines) is 1. The van der Waals surface area contributed by atoms with Crippen LogP contribution in [-0.4, -0.2) is 69.2 Å². The number of carbonyl (C=O) groups excluding carboxylic acids is 2. The summed E-state index contributed by atoms with van der Waals surface area (Å²) in [6.07, 6.45) is 2.97. The second-order valence-electron chi connectivity index (χ2n) is 8.01. The zero-order valence-corrected chi connectivity index (χ0v) is 18.0. The maximum absolute atomic E-state index is 11.9. The van der Waals surface area contributed by atoms with Crippen molar-refractivity contribution < 1.29 is 19.1 Å². The summed E-state index contributed by atoms with van der Waals surface area (Å²) in [7, 11) is 3.19. The van der Waals surface area contributed by atoms with Crippen LogP contribution < -0.4 is 15.4 Å². The summed E-state index contributed by atoms with van der Waals surface area (Å²) in [4.78, 5) is 30.0. The van der Waals surface area contributed by atoms with Gasteiger partial charge in [0.2, 0.25) is 0 Å². The molecule has 1 saturated heterocycles. The number of methoxy groups -OCH3 is 1. The van der Waals surface area contributed by atoms with Gasteiger partial charge in [0.15, 0.2) is 12.6 Å². The molecule has 0 radical (unpaired) electrons. The van der Waals surface area contributed by atoms with E-state index in [1.807, 2.05) is 24.3 Å². The van der Waals surface area contributed by atoms with Gasteiger partial charge in [-0.05, 0) is 42.9 Å². The Morgan fingerprint density at radius 1 is 1.20 bits per heavy atom. The van der Waals surface area contributed by atoms with Crippen LogP contribution in [0.15, 0.2) is 29.3 Å². The topological polar surface area (TPSA) is 92.3 Å². The Bertz CT molecular complexity index is 761. The zero-order chi connectivity index (χ0) is 21.5. The van der Waals surface area contributed by atoms with Gasteiger partial charge in [0.05, 0.1) is 13.0 Å². The van der Waals surface area contributed by atoms with E-state index in [1.54, 1.807) is 7.05 Å². The van der Waals surface area contributed by atoms with Gasteiger partial charge in [0.25, 0.3) is 5.91 Å². The molecule has 2 unspecified atom stereocenters. The van der Waals surface area contributed by atoms with E-state index < -0.39 is 0 Å². The van der Waals surface area contributed by atoms with Gasteiger partial charge in [-0.25, -0.2) is 0 Å². The molecule has 8 nitrogen and oxygen atoms in total. The van der Waals surface area contributed by atoms with Gasteiger partial charge in [-0.15, -0.1) is 0 Å². The van der Waals surface area contributed by atoms with E-state index in [0.717, 1.165) is 43.9 Å². The van der Waals surface area contributed by atoms with Crippen LogP contribution in [0.4, 0.5) is 0 Å². The van der Waals surface area contributed by atoms with E-state index >= 15 is 0 Å². The number of ether oxygens (including phenoxy) is 2. The molecule has 2 N–H and O–H groups in total. The summed E-state index contributed by atoms with van der Waals surface area (Å²) in [5.74, 6) is 1.38. The second kappa shape index (κ2) is 10.3. The van der Waals surface area contributed by atoms with Gasteiger partial charge in [-0.1, -0.05) is 19.1 Å². The van der Waals surface area contributed by atoms with Crippen LogP contribution in [0.2, 0.25) is 0 Å². The van der Waals surface area contributed by atoms with Crippen LogP contribution in [0.3, 0.4) is 0 Å². The van der Waals surface area contributed by atoms with E-state index in [-0.39, 0.29) is 30.3 Å². The summed E-state index contributed by atoms with van der Waals surface area (Å²) < 4.78 is 10.4. The van der Waals surface area contributed by atoms with Crippen LogP contribution in [0.25, 0.3) is 0 Å². The van der Waals surface area contributed by atoms with Crippen molar-refractivity contribution >= 4 is 17.8 Å². The van der Waals surface area contributed by atoms with E-state index in [0.29, 0.717) is 18.3 Å². The lowest BCUT2D eigenvalue weighted by Crippen LogP contribution is -2.41. The number of nitrogens with zero attached hydrogens (tertiary/aromatic N) is 2. The summed E-state index contributed by atoms with van der Waals surface area (Å²) in [6.45, 7) is 4.24. The molecular formula is C22H32N4O4. The summed E-state index contributed by atoms with van der Waals surface area (Å²) in [5.41, 5.74) is 1.16. The molecule has 3 rings (SSSR count). The average Bonchev–Trinajstić information content (AvgIpc) is 3.48. The zero-order valence-electron chi connectivity index (χ0n) is 18.0. The minimum atomic E-state index is -0.159. The first-order valence-corrected chi connectivity index (χ1v) is 10.5. The number of guanidine groups is 1. The number of hydrogen-bond acceptors (Lipinski definition) is 5. The van der Waals surface area contributed by atoms with Crippen molar-refractivity contribution in [2.45, 2.75) is 32.2 Å². The third kappa shape index (κ3) is 6.11. The van der Waals surface area contributed by atoms with Gasteiger partial charge in [0, 0.05) is 32.7 Å². The molecule has 1 heterocycles. The maximum Gasteiger partial charge on any atom is 0.310 e. The minimum absolute atomic E-state index is 0.0502. The fourth-order valence-electron chi connectivity index (χ4n) is 3.65. The minimum Gasteiger partial charge on any atom is -0.484 e. The predicted molar refractivity (Wildman–Crippen MR) is 114 cm³/mol. The second-order valence-corrected chi connectivity index (χ2v) is 8.01. The van der Waals surface area contributed by atoms with Crippen LogP contribution >= 0.6 is 0 Å². The third-order valence-corrected chi connectivity index (χ3v) is 5.56. The molecule has 164 valence electrons. The monoisotopic (exact) mass is 416 g/mol. The number of rotatable bonds is 8. The number of aliphatic imine (C=N–C) groups is 1. The smallest absolute Gasteiger partial charge is 0.310 e. The van der Waals surface area contributed by atoms with E-state index in [1.165, 1.54) is 7.11 Å². The molecule has 0 spiro atoms. The lowest BCUT2D eigenvalue weighted by Gasteiger charge is -2.21. The number of esters is 1. The lowest BCUT2D eigenvalue weighted by molar-refractivity contribution is -0.146. The molecule has 30 heavy (non-hydrogen) atoms. The van der Waals surface area contributed by atoms with Crippen molar-refractivity contribution in [2.75, 3.05) is 40.4 Å². The number of benzene rings is 1. The number of nitrogens with one attached hydrogen (secondary N) is 2. The highest BCUT2D eigenvalue weighted by atomic mass is 16.5. The van der Waals surface area contributed by atoms with E-state index in [9.17, 15) is 9.59 Å². The van der Waals surface area contributed by atoms with Crippen LogP contribution in [0.5, 0.6) is 5.75 Å². The molecule has 1 aromatic carbocycles. The summed E-state index contributed by atoms with van der Waals surface area (Å²) in [5, 5.41) is 6.28. The summed E-state index contributed by atoms with van der Waals surface area (Å²) >= 11 is 0. The Morgan fingerprint density at radius 2 is 1.93 bits per heavy atom. The normalized spacial score (nSPS) is 21.3. The SMILES string of the molecule is CN=C(NCCc1ccc(OCC(=O)NC2CC2)cc1)N1CC(C)C(C(=O)OC)C1. The molecule has 1 aliphatic carbocycles. The Kier molecular flexibility index (Phi) is 7.54. The first-order valence-electron chi connectivity index (χ1n) is 10.5. The fourth-order valence-corrected chi connectivity index (χ4v) is 3.65.